The maximum absolute atomic E-state index is 11.6. The predicted octanol–water partition coefficient (Wildman–Crippen LogP) is 3.89. The van der Waals surface area contributed by atoms with Gasteiger partial charge in [-0.3, -0.25) is 0 Å². The van der Waals surface area contributed by atoms with Crippen LogP contribution < -0.4 is 0 Å². The SMILES string of the molecule is COC(=O)c1ccc(C(C)C)c(C(C)(C)C)c1. The molecule has 0 spiro atoms. The van der Waals surface area contributed by atoms with E-state index in [1.165, 1.54) is 18.2 Å². The molecule has 0 atom stereocenters. The van der Waals surface area contributed by atoms with Crippen LogP contribution >= 0.6 is 0 Å². The number of hydrogen-bond acceptors (Lipinski definition) is 2. The van der Waals surface area contributed by atoms with Crippen LogP contribution in [-0.2, 0) is 10.2 Å². The molecular formula is C15H22O2. The molecule has 0 amide bonds. The van der Waals surface area contributed by atoms with Crippen LogP contribution in [-0.4, -0.2) is 13.1 Å². The second-order valence-electron chi connectivity index (χ2n) is 5.70. The number of hydrogen-bond donors (Lipinski definition) is 0. The summed E-state index contributed by atoms with van der Waals surface area (Å²) >= 11 is 0. The molecule has 2 heteroatoms. The van der Waals surface area contributed by atoms with E-state index in [2.05, 4.69) is 34.6 Å². The van der Waals surface area contributed by atoms with E-state index in [0.29, 0.717) is 11.5 Å². The van der Waals surface area contributed by atoms with E-state index < -0.39 is 0 Å². The third kappa shape index (κ3) is 3.09. The molecule has 0 aliphatic rings. The van der Waals surface area contributed by atoms with Crippen molar-refractivity contribution in [2.24, 2.45) is 0 Å². The highest BCUT2D eigenvalue weighted by Gasteiger charge is 2.21. The second-order valence-corrected chi connectivity index (χ2v) is 5.70. The Labute approximate surface area is 104 Å². The standard InChI is InChI=1S/C15H22O2/c1-10(2)12-8-7-11(14(16)17-6)9-13(12)15(3,4)5/h7-10H,1-6H3. The largest absolute Gasteiger partial charge is 0.465 e. The second kappa shape index (κ2) is 4.91. The lowest BCUT2D eigenvalue weighted by Crippen LogP contribution is -2.16. The van der Waals surface area contributed by atoms with Gasteiger partial charge in [-0.2, -0.15) is 0 Å². The summed E-state index contributed by atoms with van der Waals surface area (Å²) in [5, 5.41) is 0. The molecule has 0 heterocycles. The van der Waals surface area contributed by atoms with Gasteiger partial charge < -0.3 is 4.74 Å². The van der Waals surface area contributed by atoms with Crippen LogP contribution in [0.3, 0.4) is 0 Å². The van der Waals surface area contributed by atoms with Crippen molar-refractivity contribution in [1.29, 1.82) is 0 Å². The number of esters is 1. The molecule has 0 aliphatic carbocycles. The smallest absolute Gasteiger partial charge is 0.337 e. The molecular weight excluding hydrogens is 212 g/mol. The maximum Gasteiger partial charge on any atom is 0.337 e. The number of methoxy groups -OCH3 is 1. The van der Waals surface area contributed by atoms with Crippen LogP contribution in [0.1, 0.15) is 62.0 Å². The fraction of sp³-hybridized carbons (Fsp3) is 0.533. The first-order valence-corrected chi connectivity index (χ1v) is 6.00. The van der Waals surface area contributed by atoms with Gasteiger partial charge in [-0.05, 0) is 34.6 Å². The quantitative estimate of drug-likeness (QED) is 0.725. The number of carbonyl (C=O) groups excluding carboxylic acids is 1. The summed E-state index contributed by atoms with van der Waals surface area (Å²) in [5.41, 5.74) is 3.17. The first kappa shape index (κ1) is 13.8. The molecule has 1 aromatic rings. The van der Waals surface area contributed by atoms with E-state index in [1.54, 1.807) is 0 Å². The predicted molar refractivity (Wildman–Crippen MR) is 70.6 cm³/mol. The van der Waals surface area contributed by atoms with Crippen molar-refractivity contribution in [3.05, 3.63) is 34.9 Å². The normalized spacial score (nSPS) is 11.7. The van der Waals surface area contributed by atoms with Gasteiger partial charge in [-0.1, -0.05) is 40.7 Å². The molecule has 2 nitrogen and oxygen atoms in total. The summed E-state index contributed by atoms with van der Waals surface area (Å²) in [6.07, 6.45) is 0. The van der Waals surface area contributed by atoms with Gasteiger partial charge >= 0.3 is 5.97 Å². The molecule has 0 fully saturated rings. The molecule has 1 aromatic carbocycles. The van der Waals surface area contributed by atoms with Crippen molar-refractivity contribution < 1.29 is 9.53 Å². The Hall–Kier alpha value is -1.31. The highest BCUT2D eigenvalue weighted by Crippen LogP contribution is 2.31. The van der Waals surface area contributed by atoms with E-state index in [0.717, 1.165) is 0 Å². The van der Waals surface area contributed by atoms with E-state index in [1.807, 2.05) is 18.2 Å². The van der Waals surface area contributed by atoms with Crippen LogP contribution in [0.2, 0.25) is 0 Å². The fourth-order valence-corrected chi connectivity index (χ4v) is 1.95. The molecule has 17 heavy (non-hydrogen) atoms. The first-order chi connectivity index (χ1) is 7.77. The minimum absolute atomic E-state index is 0.0314. The molecule has 1 rings (SSSR count). The van der Waals surface area contributed by atoms with Crippen molar-refractivity contribution in [2.45, 2.75) is 46.0 Å². The average molecular weight is 234 g/mol. The lowest BCUT2D eigenvalue weighted by molar-refractivity contribution is 0.0600. The van der Waals surface area contributed by atoms with Crippen molar-refractivity contribution in [1.82, 2.24) is 0 Å². The molecule has 0 radical (unpaired) electrons. The zero-order valence-electron chi connectivity index (χ0n) is 11.6. The van der Waals surface area contributed by atoms with Crippen LogP contribution in [0.4, 0.5) is 0 Å². The summed E-state index contributed by atoms with van der Waals surface area (Å²) in [4.78, 5) is 11.6. The van der Waals surface area contributed by atoms with Crippen molar-refractivity contribution in [2.75, 3.05) is 7.11 Å². The zero-order chi connectivity index (χ0) is 13.2. The first-order valence-electron chi connectivity index (χ1n) is 6.00. The van der Waals surface area contributed by atoms with Crippen LogP contribution in [0.5, 0.6) is 0 Å². The van der Waals surface area contributed by atoms with Gasteiger partial charge in [0.25, 0.3) is 0 Å². The molecule has 0 saturated heterocycles. The molecule has 94 valence electrons. The lowest BCUT2D eigenvalue weighted by atomic mass is 9.80. The van der Waals surface area contributed by atoms with Gasteiger partial charge in [-0.15, -0.1) is 0 Å². The molecule has 0 N–H and O–H groups in total. The van der Waals surface area contributed by atoms with Crippen molar-refractivity contribution >= 4 is 5.97 Å². The highest BCUT2D eigenvalue weighted by molar-refractivity contribution is 5.89. The zero-order valence-corrected chi connectivity index (χ0v) is 11.6. The number of benzene rings is 1. The fourth-order valence-electron chi connectivity index (χ4n) is 1.95. The molecule has 0 aliphatic heterocycles. The summed E-state index contributed by atoms with van der Waals surface area (Å²) in [6.45, 7) is 10.8. The summed E-state index contributed by atoms with van der Waals surface area (Å²) in [6, 6.07) is 5.84. The third-order valence-corrected chi connectivity index (χ3v) is 2.90. The van der Waals surface area contributed by atoms with E-state index >= 15 is 0 Å². The average Bonchev–Trinajstić information content (AvgIpc) is 2.25. The lowest BCUT2D eigenvalue weighted by Gasteiger charge is -2.25. The molecule has 0 aromatic heterocycles. The molecule has 0 unspecified atom stereocenters. The Morgan fingerprint density at radius 3 is 2.24 bits per heavy atom. The molecule has 0 saturated carbocycles. The summed E-state index contributed by atoms with van der Waals surface area (Å²) < 4.78 is 4.77. The minimum Gasteiger partial charge on any atom is -0.465 e. The Morgan fingerprint density at radius 1 is 1.24 bits per heavy atom. The Kier molecular flexibility index (Phi) is 3.97. The number of carbonyl (C=O) groups is 1. The van der Waals surface area contributed by atoms with Crippen LogP contribution in [0, 0.1) is 0 Å². The van der Waals surface area contributed by atoms with Crippen LogP contribution in [0.25, 0.3) is 0 Å². The van der Waals surface area contributed by atoms with Gasteiger partial charge in [-0.25, -0.2) is 4.79 Å². The van der Waals surface area contributed by atoms with Crippen molar-refractivity contribution in [3.63, 3.8) is 0 Å². The topological polar surface area (TPSA) is 26.3 Å². The summed E-state index contributed by atoms with van der Waals surface area (Å²) in [5.74, 6) is 0.182. The maximum atomic E-state index is 11.6. The van der Waals surface area contributed by atoms with E-state index in [-0.39, 0.29) is 11.4 Å². The van der Waals surface area contributed by atoms with E-state index in [9.17, 15) is 4.79 Å². The van der Waals surface area contributed by atoms with Gasteiger partial charge in [0.2, 0.25) is 0 Å². The Morgan fingerprint density at radius 2 is 1.82 bits per heavy atom. The van der Waals surface area contributed by atoms with Gasteiger partial charge in [0.1, 0.15) is 0 Å². The Balaban J connectivity index is 3.35. The monoisotopic (exact) mass is 234 g/mol. The third-order valence-electron chi connectivity index (χ3n) is 2.90. The number of rotatable bonds is 2. The summed E-state index contributed by atoms with van der Waals surface area (Å²) in [7, 11) is 1.41. The minimum atomic E-state index is -0.272. The number of ether oxygens (including phenoxy) is 1. The molecule has 0 bridgehead atoms. The Bertz CT molecular complexity index is 411. The van der Waals surface area contributed by atoms with Crippen molar-refractivity contribution in [3.8, 4) is 0 Å². The van der Waals surface area contributed by atoms with Gasteiger partial charge in [0.05, 0.1) is 12.7 Å². The van der Waals surface area contributed by atoms with Gasteiger partial charge in [0.15, 0.2) is 0 Å². The van der Waals surface area contributed by atoms with E-state index in [4.69, 9.17) is 4.74 Å². The van der Waals surface area contributed by atoms with Gasteiger partial charge in [0, 0.05) is 0 Å². The van der Waals surface area contributed by atoms with Crippen LogP contribution in [0.15, 0.2) is 18.2 Å². The highest BCUT2D eigenvalue weighted by atomic mass is 16.5.